The summed E-state index contributed by atoms with van der Waals surface area (Å²) in [6, 6.07) is 12.4. The van der Waals surface area contributed by atoms with E-state index < -0.39 is 0 Å². The number of anilines is 1. The highest BCUT2D eigenvalue weighted by atomic mass is 32.1. The van der Waals surface area contributed by atoms with Gasteiger partial charge in [0.1, 0.15) is 0 Å². The molecule has 1 fully saturated rings. The molecule has 8 heteroatoms. The fourth-order valence-electron chi connectivity index (χ4n) is 4.11. The second kappa shape index (κ2) is 8.39. The molecule has 1 aromatic carbocycles. The third kappa shape index (κ3) is 3.87. The van der Waals surface area contributed by atoms with Gasteiger partial charge >= 0.3 is 0 Å². The molecular formula is C22H23N5O2S. The number of carbonyl (C=O) groups excluding carboxylic acids is 1. The number of imidazole rings is 1. The SMILES string of the molecule is O=C(CCc1nc(-c2cccs2)no1)Nc1nc2ccccc2n1C1CCCCC1. The van der Waals surface area contributed by atoms with Gasteiger partial charge in [0.15, 0.2) is 0 Å². The summed E-state index contributed by atoms with van der Waals surface area (Å²) in [6.45, 7) is 0. The molecule has 0 unspecified atom stereocenters. The van der Waals surface area contributed by atoms with E-state index in [-0.39, 0.29) is 12.3 Å². The van der Waals surface area contributed by atoms with Gasteiger partial charge in [-0.3, -0.25) is 10.1 Å². The molecular weight excluding hydrogens is 398 g/mol. The number of nitrogens with zero attached hydrogens (tertiary/aromatic N) is 4. The van der Waals surface area contributed by atoms with Crippen LogP contribution in [-0.4, -0.2) is 25.6 Å². The van der Waals surface area contributed by atoms with Crippen molar-refractivity contribution in [3.8, 4) is 10.7 Å². The van der Waals surface area contributed by atoms with Crippen LogP contribution in [0.15, 0.2) is 46.3 Å². The van der Waals surface area contributed by atoms with Crippen molar-refractivity contribution in [2.45, 2.75) is 51.0 Å². The van der Waals surface area contributed by atoms with Crippen LogP contribution in [0.4, 0.5) is 5.95 Å². The largest absolute Gasteiger partial charge is 0.339 e. The lowest BCUT2D eigenvalue weighted by Gasteiger charge is -2.25. The van der Waals surface area contributed by atoms with Gasteiger partial charge in [-0.15, -0.1) is 11.3 Å². The van der Waals surface area contributed by atoms with Crippen LogP contribution in [0.1, 0.15) is 50.5 Å². The molecule has 7 nitrogen and oxygen atoms in total. The number of aryl methyl sites for hydroxylation is 1. The van der Waals surface area contributed by atoms with Gasteiger partial charge in [-0.2, -0.15) is 4.98 Å². The van der Waals surface area contributed by atoms with Gasteiger partial charge in [0, 0.05) is 18.9 Å². The van der Waals surface area contributed by atoms with Gasteiger partial charge in [0.2, 0.25) is 23.6 Å². The first-order valence-corrected chi connectivity index (χ1v) is 11.3. The normalized spacial score (nSPS) is 14.9. The molecule has 5 rings (SSSR count). The Morgan fingerprint density at radius 1 is 1.13 bits per heavy atom. The quantitative estimate of drug-likeness (QED) is 0.461. The van der Waals surface area contributed by atoms with E-state index in [2.05, 4.69) is 26.1 Å². The smallest absolute Gasteiger partial charge is 0.227 e. The Hall–Kier alpha value is -3.00. The van der Waals surface area contributed by atoms with E-state index in [1.165, 1.54) is 19.3 Å². The zero-order chi connectivity index (χ0) is 20.3. The molecule has 0 saturated heterocycles. The summed E-state index contributed by atoms with van der Waals surface area (Å²) in [5.41, 5.74) is 1.99. The minimum Gasteiger partial charge on any atom is -0.339 e. The monoisotopic (exact) mass is 421 g/mol. The second-order valence-electron chi connectivity index (χ2n) is 7.62. The molecule has 1 saturated carbocycles. The Kier molecular flexibility index (Phi) is 5.31. The number of rotatable bonds is 6. The van der Waals surface area contributed by atoms with Crippen molar-refractivity contribution >= 4 is 34.2 Å². The molecule has 0 aliphatic heterocycles. The van der Waals surface area contributed by atoms with E-state index in [4.69, 9.17) is 9.51 Å². The number of benzene rings is 1. The first-order chi connectivity index (χ1) is 14.8. The van der Waals surface area contributed by atoms with Gasteiger partial charge in [-0.1, -0.05) is 42.6 Å². The molecule has 1 aliphatic carbocycles. The predicted octanol–water partition coefficient (Wildman–Crippen LogP) is 5.22. The molecule has 1 N–H and O–H groups in total. The number of hydrogen-bond donors (Lipinski definition) is 1. The number of thiophene rings is 1. The van der Waals surface area contributed by atoms with Crippen LogP contribution in [-0.2, 0) is 11.2 Å². The zero-order valence-electron chi connectivity index (χ0n) is 16.6. The maximum atomic E-state index is 12.7. The van der Waals surface area contributed by atoms with E-state index in [1.54, 1.807) is 11.3 Å². The molecule has 0 spiro atoms. The molecule has 0 bridgehead atoms. The number of nitrogens with one attached hydrogen (secondary N) is 1. The van der Waals surface area contributed by atoms with E-state index in [1.807, 2.05) is 35.7 Å². The summed E-state index contributed by atoms with van der Waals surface area (Å²) in [4.78, 5) is 22.7. The molecule has 30 heavy (non-hydrogen) atoms. The molecule has 3 heterocycles. The Labute approximate surface area is 178 Å². The van der Waals surface area contributed by atoms with Crippen LogP contribution in [0.25, 0.3) is 21.7 Å². The maximum absolute atomic E-state index is 12.7. The minimum absolute atomic E-state index is 0.0989. The van der Waals surface area contributed by atoms with Crippen LogP contribution in [0.3, 0.4) is 0 Å². The summed E-state index contributed by atoms with van der Waals surface area (Å²) < 4.78 is 7.52. The lowest BCUT2D eigenvalue weighted by molar-refractivity contribution is -0.116. The van der Waals surface area contributed by atoms with Crippen LogP contribution >= 0.6 is 11.3 Å². The van der Waals surface area contributed by atoms with Crippen molar-refractivity contribution in [2.75, 3.05) is 5.32 Å². The van der Waals surface area contributed by atoms with E-state index in [0.717, 1.165) is 28.8 Å². The molecule has 3 aromatic heterocycles. The number of carbonyl (C=O) groups is 1. The number of amides is 1. The van der Waals surface area contributed by atoms with Crippen molar-refractivity contribution < 1.29 is 9.32 Å². The fourth-order valence-corrected chi connectivity index (χ4v) is 4.76. The second-order valence-corrected chi connectivity index (χ2v) is 8.57. The number of aromatic nitrogens is 4. The van der Waals surface area contributed by atoms with Crippen LogP contribution in [0.2, 0.25) is 0 Å². The summed E-state index contributed by atoms with van der Waals surface area (Å²) in [6.07, 6.45) is 6.62. The lowest BCUT2D eigenvalue weighted by Crippen LogP contribution is -2.20. The molecule has 0 atom stereocenters. The van der Waals surface area contributed by atoms with Gasteiger partial charge < -0.3 is 9.09 Å². The third-order valence-electron chi connectivity index (χ3n) is 5.56. The first kappa shape index (κ1) is 19.0. The number of para-hydroxylation sites is 2. The highest BCUT2D eigenvalue weighted by Gasteiger charge is 2.22. The van der Waals surface area contributed by atoms with Crippen LogP contribution in [0.5, 0.6) is 0 Å². The highest BCUT2D eigenvalue weighted by Crippen LogP contribution is 2.34. The number of fused-ring (bicyclic) bond motifs is 1. The summed E-state index contributed by atoms with van der Waals surface area (Å²) in [7, 11) is 0. The fraction of sp³-hybridized carbons (Fsp3) is 0.364. The van der Waals surface area contributed by atoms with E-state index >= 15 is 0 Å². The van der Waals surface area contributed by atoms with E-state index in [0.29, 0.717) is 30.1 Å². The molecule has 4 aromatic rings. The Bertz CT molecular complexity index is 1140. The van der Waals surface area contributed by atoms with Crippen LogP contribution < -0.4 is 5.32 Å². The summed E-state index contributed by atoms with van der Waals surface area (Å²) in [5.74, 6) is 1.57. The first-order valence-electron chi connectivity index (χ1n) is 10.4. The minimum atomic E-state index is -0.0989. The van der Waals surface area contributed by atoms with Crippen molar-refractivity contribution in [3.63, 3.8) is 0 Å². The van der Waals surface area contributed by atoms with E-state index in [9.17, 15) is 4.79 Å². The average Bonchev–Trinajstić information content (AvgIpc) is 3.52. The van der Waals surface area contributed by atoms with Crippen molar-refractivity contribution in [2.24, 2.45) is 0 Å². The van der Waals surface area contributed by atoms with Crippen LogP contribution in [0, 0.1) is 0 Å². The summed E-state index contributed by atoms with van der Waals surface area (Å²) in [5, 5.41) is 9.00. The number of hydrogen-bond acceptors (Lipinski definition) is 6. The Morgan fingerprint density at radius 3 is 2.83 bits per heavy atom. The highest BCUT2D eigenvalue weighted by molar-refractivity contribution is 7.13. The van der Waals surface area contributed by atoms with Crippen molar-refractivity contribution in [1.82, 2.24) is 19.7 Å². The van der Waals surface area contributed by atoms with Gasteiger partial charge in [-0.25, -0.2) is 4.98 Å². The molecule has 1 aliphatic rings. The van der Waals surface area contributed by atoms with Crippen molar-refractivity contribution in [1.29, 1.82) is 0 Å². The lowest BCUT2D eigenvalue weighted by atomic mass is 9.95. The van der Waals surface area contributed by atoms with Gasteiger partial charge in [0.05, 0.1) is 15.9 Å². The predicted molar refractivity (Wildman–Crippen MR) is 116 cm³/mol. The Morgan fingerprint density at radius 2 is 2.00 bits per heavy atom. The third-order valence-corrected chi connectivity index (χ3v) is 6.43. The topological polar surface area (TPSA) is 85.8 Å². The molecule has 1 amide bonds. The standard InChI is InChI=1S/C22H23N5O2S/c28-19(12-13-20-25-21(26-29-20)18-11-6-14-30-18)24-22-23-16-9-4-5-10-17(16)27(22)15-7-2-1-3-8-15/h4-6,9-11,14-15H,1-3,7-8,12-13H2,(H,23,24,28). The Balaban J connectivity index is 1.30. The van der Waals surface area contributed by atoms with Crippen molar-refractivity contribution in [3.05, 3.63) is 47.7 Å². The molecule has 0 radical (unpaired) electrons. The zero-order valence-corrected chi connectivity index (χ0v) is 17.4. The maximum Gasteiger partial charge on any atom is 0.227 e. The molecule has 154 valence electrons. The average molecular weight is 422 g/mol. The van der Waals surface area contributed by atoms with Gasteiger partial charge in [-0.05, 0) is 36.4 Å². The summed E-state index contributed by atoms with van der Waals surface area (Å²) >= 11 is 1.56. The van der Waals surface area contributed by atoms with Gasteiger partial charge in [0.25, 0.3) is 0 Å².